The molecule has 0 saturated heterocycles. The van der Waals surface area contributed by atoms with Gasteiger partial charge in [0, 0.05) is 17.1 Å². The highest BCUT2D eigenvalue weighted by molar-refractivity contribution is 9.10. The van der Waals surface area contributed by atoms with Gasteiger partial charge in [-0.2, -0.15) is 5.10 Å². The molecule has 0 atom stereocenters. The largest absolute Gasteiger partial charge is 0.305 e. The van der Waals surface area contributed by atoms with Gasteiger partial charge in [0.1, 0.15) is 5.82 Å². The number of hydrogen-bond donors (Lipinski definition) is 1. The third kappa shape index (κ3) is 5.24. The molecule has 0 fully saturated rings. The van der Waals surface area contributed by atoms with E-state index in [0.29, 0.717) is 16.5 Å². The number of carbonyl (C=O) groups is 1. The number of hydrazone groups is 1. The molecule has 0 spiro atoms. The Morgan fingerprint density at radius 1 is 1.30 bits per heavy atom. The maximum Gasteiger partial charge on any atom is 0.250 e. The third-order valence-corrected chi connectivity index (χ3v) is 5.04. The molecular weight excluding hydrogens is 433 g/mol. The van der Waals surface area contributed by atoms with Gasteiger partial charge in [0.25, 0.3) is 5.91 Å². The second-order valence-corrected chi connectivity index (χ2v) is 7.37. The average Bonchev–Trinajstić information content (AvgIpc) is 3.02. The molecule has 138 valence electrons. The Kier molecular flexibility index (Phi) is 6.36. The predicted octanol–water partition coefficient (Wildman–Crippen LogP) is 3.63. The zero-order valence-electron chi connectivity index (χ0n) is 14.3. The zero-order chi connectivity index (χ0) is 19.2. The molecule has 3 rings (SSSR count). The summed E-state index contributed by atoms with van der Waals surface area (Å²) in [6.07, 6.45) is 1.45. The van der Waals surface area contributed by atoms with E-state index in [1.165, 1.54) is 30.1 Å². The van der Waals surface area contributed by atoms with Crippen molar-refractivity contribution in [2.24, 2.45) is 12.1 Å². The zero-order valence-corrected chi connectivity index (χ0v) is 16.7. The fraction of sp³-hybridized carbons (Fsp3) is 0.111. The van der Waals surface area contributed by atoms with Crippen LogP contribution in [-0.4, -0.2) is 32.6 Å². The van der Waals surface area contributed by atoms with E-state index in [2.05, 4.69) is 36.7 Å². The van der Waals surface area contributed by atoms with Crippen molar-refractivity contribution in [2.45, 2.75) is 5.16 Å². The molecule has 1 amide bonds. The normalized spacial score (nSPS) is 11.1. The van der Waals surface area contributed by atoms with Gasteiger partial charge >= 0.3 is 0 Å². The monoisotopic (exact) mass is 447 g/mol. The van der Waals surface area contributed by atoms with Crippen LogP contribution in [0.25, 0.3) is 11.4 Å². The molecule has 0 unspecified atom stereocenters. The lowest BCUT2D eigenvalue weighted by molar-refractivity contribution is -0.118. The van der Waals surface area contributed by atoms with Crippen molar-refractivity contribution < 1.29 is 9.18 Å². The summed E-state index contributed by atoms with van der Waals surface area (Å²) in [6.45, 7) is 0. The van der Waals surface area contributed by atoms with Crippen molar-refractivity contribution in [3.8, 4) is 11.4 Å². The molecule has 27 heavy (non-hydrogen) atoms. The Balaban J connectivity index is 1.55. The molecule has 1 N–H and O–H groups in total. The minimum absolute atomic E-state index is 0.144. The van der Waals surface area contributed by atoms with E-state index < -0.39 is 0 Å². The maximum atomic E-state index is 12.8. The molecule has 0 aliphatic heterocycles. The topological polar surface area (TPSA) is 72.2 Å². The number of hydrogen-bond acceptors (Lipinski definition) is 5. The van der Waals surface area contributed by atoms with Gasteiger partial charge in [-0.15, -0.1) is 10.2 Å². The van der Waals surface area contributed by atoms with Gasteiger partial charge in [0.05, 0.1) is 12.0 Å². The molecule has 2 aromatic carbocycles. The van der Waals surface area contributed by atoms with Crippen LogP contribution in [0.15, 0.2) is 63.3 Å². The second-order valence-electron chi connectivity index (χ2n) is 5.51. The minimum atomic E-state index is -0.321. The summed E-state index contributed by atoms with van der Waals surface area (Å²) in [5.41, 5.74) is 4.05. The molecule has 0 bridgehead atoms. The lowest BCUT2D eigenvalue weighted by Crippen LogP contribution is -2.19. The Morgan fingerprint density at radius 2 is 2.07 bits per heavy atom. The average molecular weight is 448 g/mol. The fourth-order valence-electron chi connectivity index (χ4n) is 2.21. The van der Waals surface area contributed by atoms with Crippen LogP contribution in [-0.2, 0) is 11.8 Å². The summed E-state index contributed by atoms with van der Waals surface area (Å²) in [5.74, 6) is 0.267. The van der Waals surface area contributed by atoms with Crippen LogP contribution in [0.1, 0.15) is 5.56 Å². The Morgan fingerprint density at radius 3 is 2.81 bits per heavy atom. The summed E-state index contributed by atoms with van der Waals surface area (Å²) >= 11 is 4.70. The van der Waals surface area contributed by atoms with Crippen LogP contribution in [0.5, 0.6) is 0 Å². The van der Waals surface area contributed by atoms with E-state index in [4.69, 9.17) is 0 Å². The number of nitrogens with zero attached hydrogens (tertiary/aromatic N) is 4. The van der Waals surface area contributed by atoms with Crippen LogP contribution in [0, 0.1) is 5.82 Å². The van der Waals surface area contributed by atoms with Gasteiger partial charge in [0.2, 0.25) is 0 Å². The molecule has 0 saturated carbocycles. The highest BCUT2D eigenvalue weighted by Crippen LogP contribution is 2.24. The van der Waals surface area contributed by atoms with Crippen LogP contribution in [0.3, 0.4) is 0 Å². The first-order chi connectivity index (χ1) is 13.0. The quantitative estimate of drug-likeness (QED) is 0.355. The SMILES string of the molecule is Cn1c(SCC(=O)NN=Cc2ccc(F)cc2)nnc1-c1cccc(Br)c1. The fourth-order valence-corrected chi connectivity index (χ4v) is 3.31. The molecule has 0 aliphatic carbocycles. The van der Waals surface area contributed by atoms with E-state index in [9.17, 15) is 9.18 Å². The summed E-state index contributed by atoms with van der Waals surface area (Å²) in [6, 6.07) is 13.6. The van der Waals surface area contributed by atoms with Crippen molar-refractivity contribution in [2.75, 3.05) is 5.75 Å². The van der Waals surface area contributed by atoms with Gasteiger partial charge in [-0.1, -0.05) is 52.0 Å². The Labute approximate surface area is 168 Å². The number of carbonyl (C=O) groups excluding carboxylic acids is 1. The molecule has 0 aliphatic rings. The number of halogens is 2. The van der Waals surface area contributed by atoms with Crippen molar-refractivity contribution in [3.63, 3.8) is 0 Å². The lowest BCUT2D eigenvalue weighted by atomic mass is 10.2. The van der Waals surface area contributed by atoms with E-state index in [1.807, 2.05) is 35.9 Å². The van der Waals surface area contributed by atoms with Crippen molar-refractivity contribution in [3.05, 3.63) is 64.4 Å². The van der Waals surface area contributed by atoms with Crippen LogP contribution in [0.2, 0.25) is 0 Å². The molecule has 0 radical (unpaired) electrons. The first kappa shape index (κ1) is 19.2. The number of rotatable bonds is 6. The summed E-state index contributed by atoms with van der Waals surface area (Å²) in [7, 11) is 1.85. The number of aromatic nitrogens is 3. The van der Waals surface area contributed by atoms with E-state index in [1.54, 1.807) is 12.1 Å². The summed E-state index contributed by atoms with van der Waals surface area (Å²) < 4.78 is 15.6. The smallest absolute Gasteiger partial charge is 0.250 e. The maximum absolute atomic E-state index is 12.8. The molecule has 1 heterocycles. The lowest BCUT2D eigenvalue weighted by Gasteiger charge is -2.04. The van der Waals surface area contributed by atoms with Crippen LogP contribution >= 0.6 is 27.7 Å². The molecule has 6 nitrogen and oxygen atoms in total. The highest BCUT2D eigenvalue weighted by Gasteiger charge is 2.13. The van der Waals surface area contributed by atoms with Gasteiger partial charge in [-0.05, 0) is 29.8 Å². The van der Waals surface area contributed by atoms with E-state index in [0.717, 1.165) is 10.0 Å². The van der Waals surface area contributed by atoms with Crippen LogP contribution in [0.4, 0.5) is 4.39 Å². The van der Waals surface area contributed by atoms with Gasteiger partial charge in [-0.3, -0.25) is 4.79 Å². The van der Waals surface area contributed by atoms with Crippen molar-refractivity contribution in [1.82, 2.24) is 20.2 Å². The third-order valence-electron chi connectivity index (χ3n) is 3.52. The van der Waals surface area contributed by atoms with E-state index >= 15 is 0 Å². The van der Waals surface area contributed by atoms with Crippen LogP contribution < -0.4 is 5.43 Å². The molecular formula is C18H15BrFN5OS. The summed E-state index contributed by atoms with van der Waals surface area (Å²) in [5, 5.41) is 12.8. The molecule has 3 aromatic rings. The Bertz CT molecular complexity index is 974. The minimum Gasteiger partial charge on any atom is -0.305 e. The number of amides is 1. The molecule has 9 heteroatoms. The number of nitrogens with one attached hydrogen (secondary N) is 1. The molecule has 1 aromatic heterocycles. The highest BCUT2D eigenvalue weighted by atomic mass is 79.9. The standard InChI is InChI=1S/C18H15BrFN5OS/c1-25-17(13-3-2-4-14(19)9-13)23-24-18(25)27-11-16(26)22-21-10-12-5-7-15(20)8-6-12/h2-10H,11H2,1H3,(H,22,26). The second kappa shape index (κ2) is 8.92. The first-order valence-corrected chi connectivity index (χ1v) is 9.66. The van der Waals surface area contributed by atoms with E-state index in [-0.39, 0.29) is 17.5 Å². The first-order valence-electron chi connectivity index (χ1n) is 7.88. The predicted molar refractivity (Wildman–Crippen MR) is 107 cm³/mol. The van der Waals surface area contributed by atoms with Gasteiger partial charge in [-0.25, -0.2) is 9.82 Å². The van der Waals surface area contributed by atoms with Crippen molar-refractivity contribution >= 4 is 39.8 Å². The number of thioether (sulfide) groups is 1. The Hall–Kier alpha value is -2.52. The van der Waals surface area contributed by atoms with Gasteiger partial charge in [0.15, 0.2) is 11.0 Å². The van der Waals surface area contributed by atoms with Crippen molar-refractivity contribution in [1.29, 1.82) is 0 Å². The number of benzene rings is 2. The summed E-state index contributed by atoms with van der Waals surface area (Å²) in [4.78, 5) is 11.9. The van der Waals surface area contributed by atoms with Gasteiger partial charge < -0.3 is 4.57 Å².